The van der Waals surface area contributed by atoms with Gasteiger partial charge in [0.1, 0.15) is 11.6 Å². The number of rotatable bonds is 6. The lowest BCUT2D eigenvalue weighted by molar-refractivity contribution is -0.116. The Labute approximate surface area is 131 Å². The lowest BCUT2D eigenvalue weighted by Crippen LogP contribution is -2.14. The van der Waals surface area contributed by atoms with E-state index in [1.807, 2.05) is 18.3 Å². The molecule has 3 rings (SSSR count). The van der Waals surface area contributed by atoms with Crippen molar-refractivity contribution >= 4 is 33.3 Å². The number of fused-ring (bicyclic) bond motifs is 1. The Morgan fingerprint density at radius 1 is 1.32 bits per heavy atom. The van der Waals surface area contributed by atoms with E-state index in [9.17, 15) is 4.79 Å². The second-order valence-corrected chi connectivity index (χ2v) is 5.86. The summed E-state index contributed by atoms with van der Waals surface area (Å²) >= 11 is 1.33. The molecule has 7 heteroatoms. The third kappa shape index (κ3) is 3.32. The van der Waals surface area contributed by atoms with Gasteiger partial charge in [-0.25, -0.2) is 0 Å². The van der Waals surface area contributed by atoms with Gasteiger partial charge in [0.05, 0.1) is 0 Å². The number of aryl methyl sites for hydroxylation is 1. The monoisotopic (exact) mass is 316 g/mol. The summed E-state index contributed by atoms with van der Waals surface area (Å²) in [6.07, 6.45) is 2.39. The standard InChI is InChI=1S/C15H16N4O2S/c1-21-10-14-17-18-15(22-14)16-13(20)7-9-19-8-6-11-4-2-3-5-12(11)19/h2-6,8H,7,9-10H2,1H3,(H,16,18,20). The van der Waals surface area contributed by atoms with Crippen molar-refractivity contribution in [2.45, 2.75) is 19.6 Å². The minimum absolute atomic E-state index is 0.0714. The summed E-state index contributed by atoms with van der Waals surface area (Å²) in [6, 6.07) is 10.2. The van der Waals surface area contributed by atoms with Crippen LogP contribution in [-0.4, -0.2) is 27.8 Å². The number of carbonyl (C=O) groups is 1. The second-order valence-electron chi connectivity index (χ2n) is 4.80. The summed E-state index contributed by atoms with van der Waals surface area (Å²) in [7, 11) is 1.60. The zero-order chi connectivity index (χ0) is 15.4. The van der Waals surface area contributed by atoms with E-state index in [0.717, 1.165) is 10.5 Å². The molecule has 6 nitrogen and oxygen atoms in total. The fourth-order valence-electron chi connectivity index (χ4n) is 2.23. The lowest BCUT2D eigenvalue weighted by atomic mass is 10.2. The van der Waals surface area contributed by atoms with Crippen molar-refractivity contribution in [2.24, 2.45) is 0 Å². The first-order valence-electron chi connectivity index (χ1n) is 6.91. The van der Waals surface area contributed by atoms with E-state index < -0.39 is 0 Å². The molecule has 2 heterocycles. The van der Waals surface area contributed by atoms with Crippen LogP contribution in [0.4, 0.5) is 5.13 Å². The Morgan fingerprint density at radius 2 is 2.18 bits per heavy atom. The largest absolute Gasteiger partial charge is 0.377 e. The lowest BCUT2D eigenvalue weighted by Gasteiger charge is -2.05. The van der Waals surface area contributed by atoms with Gasteiger partial charge in [0.25, 0.3) is 0 Å². The molecule has 0 radical (unpaired) electrons. The zero-order valence-corrected chi connectivity index (χ0v) is 13.0. The molecule has 114 valence electrons. The Balaban J connectivity index is 1.57. The molecule has 22 heavy (non-hydrogen) atoms. The van der Waals surface area contributed by atoms with E-state index >= 15 is 0 Å². The van der Waals surface area contributed by atoms with Crippen LogP contribution in [0.15, 0.2) is 36.5 Å². The highest BCUT2D eigenvalue weighted by molar-refractivity contribution is 7.15. The Morgan fingerprint density at radius 3 is 3.05 bits per heavy atom. The van der Waals surface area contributed by atoms with E-state index in [1.165, 1.54) is 16.7 Å². The number of nitrogens with zero attached hydrogens (tertiary/aromatic N) is 3. The molecule has 1 amide bonds. The Bertz CT molecular complexity index is 781. The third-order valence-corrected chi connectivity index (χ3v) is 4.05. The van der Waals surface area contributed by atoms with Crippen molar-refractivity contribution < 1.29 is 9.53 Å². The molecule has 0 aliphatic heterocycles. The summed E-state index contributed by atoms with van der Waals surface area (Å²) < 4.78 is 7.05. The van der Waals surface area contributed by atoms with Gasteiger partial charge in [-0.05, 0) is 17.5 Å². The maximum absolute atomic E-state index is 12.0. The van der Waals surface area contributed by atoms with Gasteiger partial charge < -0.3 is 14.6 Å². The molecule has 3 aromatic rings. The summed E-state index contributed by atoms with van der Waals surface area (Å²) in [5.74, 6) is -0.0714. The maximum atomic E-state index is 12.0. The molecule has 1 N–H and O–H groups in total. The molecular formula is C15H16N4O2S. The van der Waals surface area contributed by atoms with Crippen LogP contribution in [0.25, 0.3) is 10.9 Å². The van der Waals surface area contributed by atoms with Gasteiger partial charge in [-0.15, -0.1) is 10.2 Å². The van der Waals surface area contributed by atoms with Gasteiger partial charge in [-0.3, -0.25) is 4.79 Å². The molecule has 0 spiro atoms. The number of aromatic nitrogens is 3. The molecule has 0 unspecified atom stereocenters. The van der Waals surface area contributed by atoms with Crippen molar-refractivity contribution in [1.29, 1.82) is 0 Å². The van der Waals surface area contributed by atoms with Crippen LogP contribution in [0.2, 0.25) is 0 Å². The number of amides is 1. The molecule has 0 aliphatic rings. The zero-order valence-electron chi connectivity index (χ0n) is 12.2. The van der Waals surface area contributed by atoms with Crippen LogP contribution < -0.4 is 5.32 Å². The average molecular weight is 316 g/mol. The second kappa shape index (κ2) is 6.67. The summed E-state index contributed by atoms with van der Waals surface area (Å²) in [5.41, 5.74) is 1.13. The fraction of sp³-hybridized carbons (Fsp3) is 0.267. The number of ether oxygens (including phenoxy) is 1. The Hall–Kier alpha value is -2.25. The number of hydrogen-bond donors (Lipinski definition) is 1. The summed E-state index contributed by atoms with van der Waals surface area (Å²) in [6.45, 7) is 1.03. The van der Waals surface area contributed by atoms with Crippen LogP contribution in [0.3, 0.4) is 0 Å². The van der Waals surface area contributed by atoms with E-state index in [1.54, 1.807) is 7.11 Å². The highest BCUT2D eigenvalue weighted by atomic mass is 32.1. The van der Waals surface area contributed by atoms with Gasteiger partial charge in [0, 0.05) is 31.8 Å². The molecule has 0 fully saturated rings. The summed E-state index contributed by atoms with van der Waals surface area (Å²) in [5, 5.41) is 13.1. The molecule has 0 atom stereocenters. The Kier molecular flexibility index (Phi) is 4.45. The molecule has 0 saturated heterocycles. The molecule has 0 bridgehead atoms. The predicted molar refractivity (Wildman–Crippen MR) is 85.8 cm³/mol. The first-order chi connectivity index (χ1) is 10.8. The van der Waals surface area contributed by atoms with Crippen LogP contribution in [-0.2, 0) is 22.7 Å². The number of methoxy groups -OCH3 is 1. The summed E-state index contributed by atoms with van der Waals surface area (Å²) in [4.78, 5) is 12.0. The molecular weight excluding hydrogens is 300 g/mol. The van der Waals surface area contributed by atoms with Gasteiger partial charge in [-0.2, -0.15) is 0 Å². The first kappa shape index (κ1) is 14.7. The van der Waals surface area contributed by atoms with Crippen LogP contribution in [0.5, 0.6) is 0 Å². The molecule has 2 aromatic heterocycles. The van der Waals surface area contributed by atoms with Gasteiger partial charge in [0.2, 0.25) is 11.0 Å². The van der Waals surface area contributed by atoms with Crippen molar-refractivity contribution in [3.05, 3.63) is 41.5 Å². The number of benzene rings is 1. The van der Waals surface area contributed by atoms with Gasteiger partial charge in [-0.1, -0.05) is 29.5 Å². The average Bonchev–Trinajstić information content (AvgIpc) is 3.12. The van der Waals surface area contributed by atoms with Crippen molar-refractivity contribution in [2.75, 3.05) is 12.4 Å². The fourth-order valence-corrected chi connectivity index (χ4v) is 2.95. The van der Waals surface area contributed by atoms with Gasteiger partial charge in [0.15, 0.2) is 0 Å². The quantitative estimate of drug-likeness (QED) is 0.759. The van der Waals surface area contributed by atoms with Crippen LogP contribution in [0.1, 0.15) is 11.4 Å². The van der Waals surface area contributed by atoms with Crippen molar-refractivity contribution in [1.82, 2.24) is 14.8 Å². The SMILES string of the molecule is COCc1nnc(NC(=O)CCn2ccc3ccccc32)s1. The van der Waals surface area contributed by atoms with Crippen LogP contribution >= 0.6 is 11.3 Å². The van der Waals surface area contributed by atoms with E-state index in [-0.39, 0.29) is 5.91 Å². The minimum atomic E-state index is -0.0714. The van der Waals surface area contributed by atoms with Crippen molar-refractivity contribution in [3.63, 3.8) is 0 Å². The number of anilines is 1. The highest BCUT2D eigenvalue weighted by Gasteiger charge is 2.09. The normalized spacial score (nSPS) is 11.0. The number of para-hydroxylation sites is 1. The molecule has 0 saturated carbocycles. The first-order valence-corrected chi connectivity index (χ1v) is 7.73. The third-order valence-electron chi connectivity index (χ3n) is 3.24. The molecule has 1 aromatic carbocycles. The maximum Gasteiger partial charge on any atom is 0.227 e. The highest BCUT2D eigenvalue weighted by Crippen LogP contribution is 2.17. The van der Waals surface area contributed by atoms with E-state index in [4.69, 9.17) is 4.74 Å². The van der Waals surface area contributed by atoms with Crippen LogP contribution in [0, 0.1) is 0 Å². The number of hydrogen-bond acceptors (Lipinski definition) is 5. The number of carbonyl (C=O) groups excluding carboxylic acids is 1. The van der Waals surface area contributed by atoms with Gasteiger partial charge >= 0.3 is 0 Å². The van der Waals surface area contributed by atoms with E-state index in [0.29, 0.717) is 24.7 Å². The van der Waals surface area contributed by atoms with E-state index in [2.05, 4.69) is 38.3 Å². The topological polar surface area (TPSA) is 69.0 Å². The van der Waals surface area contributed by atoms with Crippen molar-refractivity contribution in [3.8, 4) is 0 Å². The number of nitrogens with one attached hydrogen (secondary N) is 1. The molecule has 0 aliphatic carbocycles. The minimum Gasteiger partial charge on any atom is -0.377 e. The predicted octanol–water partition coefficient (Wildman–Crippen LogP) is 2.67. The smallest absolute Gasteiger partial charge is 0.227 e.